The second-order valence-corrected chi connectivity index (χ2v) is 4.40. The summed E-state index contributed by atoms with van der Waals surface area (Å²) in [7, 11) is 3.25. The lowest BCUT2D eigenvalue weighted by molar-refractivity contribution is 0.404. The first kappa shape index (κ1) is 11.9. The average Bonchev–Trinajstić information content (AvgIpc) is 2.86. The molecule has 0 amide bonds. The predicted molar refractivity (Wildman–Crippen MR) is 67.7 cm³/mol. The van der Waals surface area contributed by atoms with Crippen molar-refractivity contribution in [2.24, 2.45) is 5.73 Å². The second-order valence-electron chi connectivity index (χ2n) is 3.46. The maximum Gasteiger partial charge on any atom is 0.142 e. The highest BCUT2D eigenvalue weighted by Crippen LogP contribution is 2.32. The fraction of sp³-hybridized carbons (Fsp3) is 0.250. The van der Waals surface area contributed by atoms with Gasteiger partial charge in [-0.15, -0.1) is 11.3 Å². The van der Waals surface area contributed by atoms with Gasteiger partial charge in [0.2, 0.25) is 0 Å². The van der Waals surface area contributed by atoms with Crippen molar-refractivity contribution in [1.29, 1.82) is 0 Å². The van der Waals surface area contributed by atoms with E-state index in [1.807, 2.05) is 23.6 Å². The van der Waals surface area contributed by atoms with E-state index in [9.17, 15) is 0 Å². The number of nitrogens with zero attached hydrogens (tertiary/aromatic N) is 1. The quantitative estimate of drug-likeness (QED) is 0.903. The molecule has 0 aliphatic carbocycles. The van der Waals surface area contributed by atoms with Gasteiger partial charge in [-0.3, -0.25) is 4.98 Å². The van der Waals surface area contributed by atoms with E-state index in [2.05, 4.69) is 4.98 Å². The first-order valence-electron chi connectivity index (χ1n) is 5.13. The van der Waals surface area contributed by atoms with Crippen LogP contribution < -0.4 is 15.2 Å². The van der Waals surface area contributed by atoms with Crippen LogP contribution in [0.3, 0.4) is 0 Å². The normalized spacial score (nSPS) is 12.2. The molecule has 0 bridgehead atoms. The number of nitrogens with two attached hydrogens (primary N) is 1. The van der Waals surface area contributed by atoms with E-state index >= 15 is 0 Å². The zero-order valence-electron chi connectivity index (χ0n) is 9.71. The zero-order chi connectivity index (χ0) is 12.3. The van der Waals surface area contributed by atoms with Gasteiger partial charge in [-0.25, -0.2) is 0 Å². The predicted octanol–water partition coefficient (Wildman–Crippen LogP) is 2.21. The first-order valence-corrected chi connectivity index (χ1v) is 6.01. The van der Waals surface area contributed by atoms with Crippen molar-refractivity contribution in [1.82, 2.24) is 4.98 Å². The van der Waals surface area contributed by atoms with Crippen LogP contribution in [0.5, 0.6) is 11.5 Å². The Kier molecular flexibility index (Phi) is 3.61. The Morgan fingerprint density at radius 2 is 2.18 bits per heavy atom. The van der Waals surface area contributed by atoms with Gasteiger partial charge in [-0.2, -0.15) is 0 Å². The van der Waals surface area contributed by atoms with Gasteiger partial charge in [-0.1, -0.05) is 0 Å². The highest BCUT2D eigenvalue weighted by atomic mass is 32.1. The summed E-state index contributed by atoms with van der Waals surface area (Å²) in [6.07, 6.45) is 1.71. The van der Waals surface area contributed by atoms with Crippen LogP contribution in [0, 0.1) is 0 Å². The van der Waals surface area contributed by atoms with E-state index in [0.29, 0.717) is 5.75 Å². The number of thiophene rings is 1. The van der Waals surface area contributed by atoms with Crippen molar-refractivity contribution in [3.63, 3.8) is 0 Å². The summed E-state index contributed by atoms with van der Waals surface area (Å²) in [5.74, 6) is 1.52. The Labute approximate surface area is 104 Å². The van der Waals surface area contributed by atoms with Gasteiger partial charge in [0.05, 0.1) is 20.3 Å². The molecule has 17 heavy (non-hydrogen) atoms. The molecule has 1 unspecified atom stereocenters. The minimum atomic E-state index is -0.292. The minimum absolute atomic E-state index is 0.292. The molecule has 0 radical (unpaired) electrons. The molecule has 1 atom stereocenters. The summed E-state index contributed by atoms with van der Waals surface area (Å²) < 4.78 is 10.4. The molecule has 0 aliphatic rings. The summed E-state index contributed by atoms with van der Waals surface area (Å²) in [4.78, 5) is 5.28. The van der Waals surface area contributed by atoms with Gasteiger partial charge >= 0.3 is 0 Å². The van der Waals surface area contributed by atoms with Crippen molar-refractivity contribution in [3.05, 3.63) is 40.3 Å². The highest BCUT2D eigenvalue weighted by Gasteiger charge is 2.17. The van der Waals surface area contributed by atoms with E-state index in [1.165, 1.54) is 0 Å². The maximum absolute atomic E-state index is 6.17. The number of rotatable bonds is 4. The lowest BCUT2D eigenvalue weighted by atomic mass is 10.1. The lowest BCUT2D eigenvalue weighted by Crippen LogP contribution is -2.13. The van der Waals surface area contributed by atoms with Gasteiger partial charge in [0.1, 0.15) is 17.2 Å². The molecular weight excluding hydrogens is 236 g/mol. The Bertz CT molecular complexity index is 499. The van der Waals surface area contributed by atoms with E-state index in [4.69, 9.17) is 15.2 Å². The third-order valence-electron chi connectivity index (χ3n) is 2.45. The Hall–Kier alpha value is -1.59. The number of hydrogen-bond acceptors (Lipinski definition) is 5. The third kappa shape index (κ3) is 2.40. The van der Waals surface area contributed by atoms with Crippen LogP contribution in [0.2, 0.25) is 0 Å². The van der Waals surface area contributed by atoms with Crippen LogP contribution in [-0.4, -0.2) is 19.2 Å². The molecule has 0 aliphatic heterocycles. The number of methoxy groups -OCH3 is 2. The average molecular weight is 250 g/mol. The SMILES string of the molecule is COc1csc(C(N)c2ncccc2OC)c1. The molecule has 0 saturated heterocycles. The third-order valence-corrected chi connectivity index (χ3v) is 3.45. The van der Waals surface area contributed by atoms with Gasteiger partial charge in [0.25, 0.3) is 0 Å². The van der Waals surface area contributed by atoms with Crippen LogP contribution in [0.1, 0.15) is 16.6 Å². The number of ether oxygens (including phenoxy) is 2. The number of pyridine rings is 1. The van der Waals surface area contributed by atoms with Crippen molar-refractivity contribution in [2.75, 3.05) is 14.2 Å². The molecule has 2 heterocycles. The molecule has 2 rings (SSSR count). The highest BCUT2D eigenvalue weighted by molar-refractivity contribution is 7.10. The summed E-state index contributed by atoms with van der Waals surface area (Å²) in [5.41, 5.74) is 6.91. The molecule has 2 aromatic rings. The largest absolute Gasteiger partial charge is 0.496 e. The molecule has 0 fully saturated rings. The van der Waals surface area contributed by atoms with E-state index in [1.54, 1.807) is 31.8 Å². The maximum atomic E-state index is 6.17. The Morgan fingerprint density at radius 3 is 2.82 bits per heavy atom. The van der Waals surface area contributed by atoms with E-state index in [0.717, 1.165) is 16.3 Å². The van der Waals surface area contributed by atoms with Crippen molar-refractivity contribution in [3.8, 4) is 11.5 Å². The fourth-order valence-electron chi connectivity index (χ4n) is 1.55. The van der Waals surface area contributed by atoms with Gasteiger partial charge < -0.3 is 15.2 Å². The van der Waals surface area contributed by atoms with E-state index in [-0.39, 0.29) is 6.04 Å². The van der Waals surface area contributed by atoms with Gasteiger partial charge in [0, 0.05) is 16.5 Å². The number of hydrogen-bond donors (Lipinski definition) is 1. The molecule has 0 saturated carbocycles. The summed E-state index contributed by atoms with van der Waals surface area (Å²) in [6, 6.07) is 5.31. The molecule has 0 aromatic carbocycles. The van der Waals surface area contributed by atoms with Crippen LogP contribution in [0.4, 0.5) is 0 Å². The minimum Gasteiger partial charge on any atom is -0.496 e. The summed E-state index contributed by atoms with van der Waals surface area (Å²) in [6.45, 7) is 0. The van der Waals surface area contributed by atoms with Crippen molar-refractivity contribution in [2.45, 2.75) is 6.04 Å². The fourth-order valence-corrected chi connectivity index (χ4v) is 2.41. The second kappa shape index (κ2) is 5.16. The molecule has 2 N–H and O–H groups in total. The van der Waals surface area contributed by atoms with Crippen molar-refractivity contribution < 1.29 is 9.47 Å². The summed E-state index contributed by atoms with van der Waals surface area (Å²) in [5, 5.41) is 1.92. The molecule has 0 spiro atoms. The lowest BCUT2D eigenvalue weighted by Gasteiger charge is -2.12. The smallest absolute Gasteiger partial charge is 0.142 e. The van der Waals surface area contributed by atoms with Crippen LogP contribution in [0.15, 0.2) is 29.8 Å². The zero-order valence-corrected chi connectivity index (χ0v) is 10.5. The van der Waals surface area contributed by atoms with Gasteiger partial charge in [0.15, 0.2) is 0 Å². The Balaban J connectivity index is 2.32. The van der Waals surface area contributed by atoms with Crippen LogP contribution in [0.25, 0.3) is 0 Å². The molecular formula is C12H14N2O2S. The molecule has 5 heteroatoms. The molecule has 4 nitrogen and oxygen atoms in total. The van der Waals surface area contributed by atoms with E-state index < -0.39 is 0 Å². The monoisotopic (exact) mass is 250 g/mol. The standard InChI is InChI=1S/C12H14N2O2S/c1-15-8-6-10(17-7-8)11(13)12-9(16-2)4-3-5-14-12/h3-7,11H,13H2,1-2H3. The van der Waals surface area contributed by atoms with Crippen LogP contribution >= 0.6 is 11.3 Å². The van der Waals surface area contributed by atoms with Gasteiger partial charge in [-0.05, 0) is 18.2 Å². The first-order chi connectivity index (χ1) is 8.26. The Morgan fingerprint density at radius 1 is 1.35 bits per heavy atom. The number of aromatic nitrogens is 1. The topological polar surface area (TPSA) is 57.4 Å². The molecule has 2 aromatic heterocycles. The summed E-state index contributed by atoms with van der Waals surface area (Å²) >= 11 is 1.55. The van der Waals surface area contributed by atoms with Crippen molar-refractivity contribution >= 4 is 11.3 Å². The molecule has 90 valence electrons. The van der Waals surface area contributed by atoms with Crippen LogP contribution in [-0.2, 0) is 0 Å².